The van der Waals surface area contributed by atoms with Gasteiger partial charge in [0.05, 0.1) is 0 Å². The predicted molar refractivity (Wildman–Crippen MR) is 114 cm³/mol. The van der Waals surface area contributed by atoms with E-state index in [9.17, 15) is 15.0 Å². The number of aliphatic hydroxyl groups is 2. The van der Waals surface area contributed by atoms with Crippen molar-refractivity contribution < 1.29 is 15.0 Å². The van der Waals surface area contributed by atoms with Crippen LogP contribution in [0, 0.1) is 0 Å². The first-order chi connectivity index (χ1) is 14.0. The van der Waals surface area contributed by atoms with Crippen LogP contribution in [-0.2, 0) is 17.9 Å². The molecule has 3 rings (SSSR count). The zero-order valence-corrected chi connectivity index (χ0v) is 16.0. The Morgan fingerprint density at radius 3 is 1.97 bits per heavy atom. The number of nitrogens with two attached hydrogens (primary N) is 1. The van der Waals surface area contributed by atoms with Crippen molar-refractivity contribution in [3.05, 3.63) is 113 Å². The number of primary amides is 1. The molecule has 0 fully saturated rings. The molecule has 3 aromatic carbocycles. The van der Waals surface area contributed by atoms with E-state index in [1.165, 1.54) is 11.1 Å². The van der Waals surface area contributed by atoms with E-state index in [2.05, 4.69) is 29.2 Å². The summed E-state index contributed by atoms with van der Waals surface area (Å²) in [5.74, 6) is -1.64. The number of carbonyl (C=O) groups is 1. The van der Waals surface area contributed by atoms with E-state index in [1.807, 2.05) is 54.6 Å². The average Bonchev–Trinajstić information content (AvgIpc) is 2.74. The van der Waals surface area contributed by atoms with Crippen molar-refractivity contribution in [2.45, 2.75) is 19.2 Å². The summed E-state index contributed by atoms with van der Waals surface area (Å²) >= 11 is 0. The molecule has 0 aliphatic carbocycles. The van der Waals surface area contributed by atoms with E-state index >= 15 is 0 Å². The number of carbonyl (C=O) groups excluding carboxylic acids is 1. The number of rotatable bonds is 8. The van der Waals surface area contributed by atoms with E-state index in [1.54, 1.807) is 6.07 Å². The predicted octanol–water partition coefficient (Wildman–Crippen LogP) is 3.85. The van der Waals surface area contributed by atoms with Crippen molar-refractivity contribution >= 4 is 11.6 Å². The number of hydrogen-bond acceptors (Lipinski definition) is 4. The van der Waals surface area contributed by atoms with Crippen LogP contribution in [0.15, 0.2) is 96.8 Å². The third-order valence-corrected chi connectivity index (χ3v) is 4.58. The highest BCUT2D eigenvalue weighted by molar-refractivity contribution is 5.89. The molecule has 1 unspecified atom stereocenters. The summed E-state index contributed by atoms with van der Waals surface area (Å²) in [5, 5.41) is 19.9. The van der Waals surface area contributed by atoms with E-state index in [0.717, 1.165) is 11.8 Å². The van der Waals surface area contributed by atoms with Crippen LogP contribution in [0.5, 0.6) is 0 Å². The average molecular weight is 388 g/mol. The minimum absolute atomic E-state index is 0.557. The summed E-state index contributed by atoms with van der Waals surface area (Å²) in [6.07, 6.45) is -0.0991. The normalized spacial score (nSPS) is 12.4. The van der Waals surface area contributed by atoms with Crippen LogP contribution >= 0.6 is 0 Å². The van der Waals surface area contributed by atoms with Crippen LogP contribution in [0.2, 0.25) is 0 Å². The van der Waals surface area contributed by atoms with Gasteiger partial charge in [0, 0.05) is 18.8 Å². The van der Waals surface area contributed by atoms with Gasteiger partial charge in [-0.05, 0) is 34.9 Å². The summed E-state index contributed by atoms with van der Waals surface area (Å²) < 4.78 is 0. The molecular formula is C24H24N2O3. The molecule has 1 atom stereocenters. The number of benzene rings is 3. The Hall–Kier alpha value is -3.57. The van der Waals surface area contributed by atoms with Gasteiger partial charge in [-0.1, -0.05) is 72.8 Å². The molecule has 0 spiro atoms. The van der Waals surface area contributed by atoms with Gasteiger partial charge in [0.25, 0.3) is 5.91 Å². The van der Waals surface area contributed by atoms with Gasteiger partial charge in [0.1, 0.15) is 6.10 Å². The van der Waals surface area contributed by atoms with E-state index < -0.39 is 17.8 Å². The molecule has 148 valence electrons. The van der Waals surface area contributed by atoms with Gasteiger partial charge in [-0.25, -0.2) is 0 Å². The molecule has 5 heteroatoms. The fourth-order valence-electron chi connectivity index (χ4n) is 3.08. The summed E-state index contributed by atoms with van der Waals surface area (Å²) in [5.41, 5.74) is 8.84. The lowest BCUT2D eigenvalue weighted by atomic mass is 10.1. The Bertz CT molecular complexity index is 930. The maximum absolute atomic E-state index is 11.0. The van der Waals surface area contributed by atoms with E-state index in [4.69, 9.17) is 5.73 Å². The van der Waals surface area contributed by atoms with Gasteiger partial charge >= 0.3 is 0 Å². The van der Waals surface area contributed by atoms with E-state index in [-0.39, 0.29) is 0 Å². The zero-order valence-electron chi connectivity index (χ0n) is 16.0. The summed E-state index contributed by atoms with van der Waals surface area (Å²) in [4.78, 5) is 13.2. The minimum atomic E-state index is -1.14. The fraction of sp³-hybridized carbons (Fsp3) is 0.125. The molecule has 0 saturated carbocycles. The quantitative estimate of drug-likeness (QED) is 0.404. The standard InChI is InChI=1S/C24H24N2O3/c25-24(29)23(28)15-22(27)20-12-7-13-21(14-20)26(16-18-8-3-1-4-9-18)17-19-10-5-2-6-11-19/h1-15,22,27-28H,16-17H2,(H2,25,29)/b23-15-. The summed E-state index contributed by atoms with van der Waals surface area (Å²) in [7, 11) is 0. The molecule has 3 aromatic rings. The van der Waals surface area contributed by atoms with Gasteiger partial charge in [0.2, 0.25) is 0 Å². The van der Waals surface area contributed by atoms with Crippen LogP contribution in [0.4, 0.5) is 5.69 Å². The third kappa shape index (κ3) is 5.70. The van der Waals surface area contributed by atoms with Gasteiger partial charge in [-0.2, -0.15) is 0 Å². The molecule has 0 aliphatic rings. The van der Waals surface area contributed by atoms with Gasteiger partial charge in [-0.3, -0.25) is 4.79 Å². The minimum Gasteiger partial charge on any atom is -0.503 e. The molecule has 0 aromatic heterocycles. The first-order valence-electron chi connectivity index (χ1n) is 9.34. The van der Waals surface area contributed by atoms with Crippen LogP contribution in [0.3, 0.4) is 0 Å². The topological polar surface area (TPSA) is 86.8 Å². The van der Waals surface area contributed by atoms with Crippen molar-refractivity contribution in [2.75, 3.05) is 4.90 Å². The Balaban J connectivity index is 1.90. The number of amides is 1. The molecular weight excluding hydrogens is 364 g/mol. The number of anilines is 1. The molecule has 0 aliphatic heterocycles. The van der Waals surface area contributed by atoms with Crippen molar-refractivity contribution in [3.63, 3.8) is 0 Å². The van der Waals surface area contributed by atoms with Crippen LogP contribution in [-0.4, -0.2) is 16.1 Å². The van der Waals surface area contributed by atoms with Crippen LogP contribution in [0.25, 0.3) is 0 Å². The monoisotopic (exact) mass is 388 g/mol. The number of hydrogen-bond donors (Lipinski definition) is 3. The maximum Gasteiger partial charge on any atom is 0.283 e. The molecule has 0 radical (unpaired) electrons. The van der Waals surface area contributed by atoms with Gasteiger partial charge in [0.15, 0.2) is 5.76 Å². The third-order valence-electron chi connectivity index (χ3n) is 4.58. The van der Waals surface area contributed by atoms with Crippen molar-refractivity contribution in [2.24, 2.45) is 5.73 Å². The van der Waals surface area contributed by atoms with Crippen LogP contribution < -0.4 is 10.6 Å². The van der Waals surface area contributed by atoms with Gasteiger partial charge in [-0.15, -0.1) is 0 Å². The Labute approximate surface area is 170 Å². The highest BCUT2D eigenvalue weighted by atomic mass is 16.3. The first kappa shape index (κ1) is 20.2. The van der Waals surface area contributed by atoms with Crippen molar-refractivity contribution in [1.29, 1.82) is 0 Å². The zero-order chi connectivity index (χ0) is 20.6. The second-order valence-electron chi connectivity index (χ2n) is 6.78. The molecule has 0 heterocycles. The summed E-state index contributed by atoms with van der Waals surface area (Å²) in [6.45, 7) is 1.38. The Morgan fingerprint density at radius 2 is 1.45 bits per heavy atom. The van der Waals surface area contributed by atoms with Crippen molar-refractivity contribution in [1.82, 2.24) is 0 Å². The SMILES string of the molecule is NC(=O)/C(O)=C/C(O)c1cccc(N(Cc2ccccc2)Cc2ccccc2)c1. The second kappa shape index (κ2) is 9.57. The molecule has 0 bridgehead atoms. The lowest BCUT2D eigenvalue weighted by Gasteiger charge is -2.26. The smallest absolute Gasteiger partial charge is 0.283 e. The summed E-state index contributed by atoms with van der Waals surface area (Å²) in [6, 6.07) is 27.7. The van der Waals surface area contributed by atoms with E-state index in [0.29, 0.717) is 18.7 Å². The fourth-order valence-corrected chi connectivity index (χ4v) is 3.08. The molecule has 0 saturated heterocycles. The lowest BCUT2D eigenvalue weighted by molar-refractivity contribution is -0.117. The number of aliphatic hydroxyl groups excluding tert-OH is 2. The van der Waals surface area contributed by atoms with Crippen LogP contribution in [0.1, 0.15) is 22.8 Å². The largest absolute Gasteiger partial charge is 0.503 e. The highest BCUT2D eigenvalue weighted by Crippen LogP contribution is 2.25. The second-order valence-corrected chi connectivity index (χ2v) is 6.78. The highest BCUT2D eigenvalue weighted by Gasteiger charge is 2.13. The van der Waals surface area contributed by atoms with Crippen molar-refractivity contribution in [3.8, 4) is 0 Å². The maximum atomic E-state index is 11.0. The molecule has 5 nitrogen and oxygen atoms in total. The Morgan fingerprint density at radius 1 is 0.897 bits per heavy atom. The Kier molecular flexibility index (Phi) is 6.66. The molecule has 4 N–H and O–H groups in total. The molecule has 1 amide bonds. The molecule has 29 heavy (non-hydrogen) atoms. The number of nitrogens with zero attached hydrogens (tertiary/aromatic N) is 1. The first-order valence-corrected chi connectivity index (χ1v) is 9.34. The van der Waals surface area contributed by atoms with Gasteiger partial charge < -0.3 is 20.8 Å². The lowest BCUT2D eigenvalue weighted by Crippen LogP contribution is -2.22.